The minimum absolute atomic E-state index is 0.0453. The molecule has 33 heavy (non-hydrogen) atoms. The molecule has 1 amide bonds. The van der Waals surface area contributed by atoms with E-state index in [0.29, 0.717) is 31.6 Å². The van der Waals surface area contributed by atoms with Crippen LogP contribution in [0.25, 0.3) is 0 Å². The third-order valence-electron chi connectivity index (χ3n) is 6.31. The van der Waals surface area contributed by atoms with Crippen molar-refractivity contribution in [2.24, 2.45) is 11.8 Å². The highest BCUT2D eigenvalue weighted by Gasteiger charge is 2.29. The van der Waals surface area contributed by atoms with Crippen LogP contribution in [0.5, 0.6) is 0 Å². The van der Waals surface area contributed by atoms with Gasteiger partial charge in [-0.15, -0.1) is 0 Å². The lowest BCUT2D eigenvalue weighted by Gasteiger charge is -2.29. The quantitative estimate of drug-likeness (QED) is 0.621. The summed E-state index contributed by atoms with van der Waals surface area (Å²) in [6, 6.07) is 12.4. The van der Waals surface area contributed by atoms with E-state index < -0.39 is 10.0 Å². The maximum absolute atomic E-state index is 13.1. The lowest BCUT2D eigenvalue weighted by atomic mass is 9.85. The summed E-state index contributed by atoms with van der Waals surface area (Å²) < 4.78 is 41.4. The molecule has 1 unspecified atom stereocenters. The molecular weight excluding hydrogens is 439 g/mol. The summed E-state index contributed by atoms with van der Waals surface area (Å²) >= 11 is 0. The monoisotopic (exact) mass is 468 g/mol. The van der Waals surface area contributed by atoms with Crippen LogP contribution in [0, 0.1) is 29.5 Å². The predicted octanol–water partition coefficient (Wildman–Crippen LogP) is 4.30. The highest BCUT2D eigenvalue weighted by Crippen LogP contribution is 2.28. The fourth-order valence-electron chi connectivity index (χ4n) is 4.06. The Bertz CT molecular complexity index is 1140. The zero-order chi connectivity index (χ0) is 23.4. The van der Waals surface area contributed by atoms with Gasteiger partial charge in [0, 0.05) is 23.4 Å². The minimum Gasteiger partial charge on any atom is -0.349 e. The van der Waals surface area contributed by atoms with Crippen molar-refractivity contribution in [2.45, 2.75) is 62.4 Å². The van der Waals surface area contributed by atoms with Crippen molar-refractivity contribution in [2.75, 3.05) is 0 Å². The highest BCUT2D eigenvalue weighted by atomic mass is 32.2. The van der Waals surface area contributed by atoms with Crippen LogP contribution in [0.3, 0.4) is 0 Å². The minimum atomic E-state index is -3.62. The average molecular weight is 469 g/mol. The summed E-state index contributed by atoms with van der Waals surface area (Å²) in [7, 11) is -3.62. The van der Waals surface area contributed by atoms with Crippen LogP contribution in [0.2, 0.25) is 0 Å². The third kappa shape index (κ3) is 6.43. The smallest absolute Gasteiger partial charge is 0.240 e. The Morgan fingerprint density at radius 3 is 2.21 bits per heavy atom. The molecule has 2 aliphatic carbocycles. The van der Waals surface area contributed by atoms with E-state index in [1.165, 1.54) is 12.1 Å². The third-order valence-corrected chi connectivity index (χ3v) is 7.85. The van der Waals surface area contributed by atoms with Crippen LogP contribution in [0.4, 0.5) is 4.39 Å². The van der Waals surface area contributed by atoms with Gasteiger partial charge in [-0.05, 0) is 87.4 Å². The first-order valence-corrected chi connectivity index (χ1v) is 13.0. The molecular formula is C26H29FN2O3S. The van der Waals surface area contributed by atoms with E-state index >= 15 is 0 Å². The van der Waals surface area contributed by atoms with Crippen molar-refractivity contribution in [3.63, 3.8) is 0 Å². The molecule has 1 atom stereocenters. The maximum Gasteiger partial charge on any atom is 0.240 e. The Morgan fingerprint density at radius 2 is 1.61 bits per heavy atom. The molecule has 4 rings (SSSR count). The second-order valence-corrected chi connectivity index (χ2v) is 10.7. The van der Waals surface area contributed by atoms with E-state index in [1.807, 2.05) is 6.92 Å². The van der Waals surface area contributed by atoms with Crippen molar-refractivity contribution in [3.05, 3.63) is 65.5 Å². The van der Waals surface area contributed by atoms with Crippen LogP contribution in [-0.4, -0.2) is 20.4 Å². The summed E-state index contributed by atoms with van der Waals surface area (Å²) in [5, 5.41) is 2.99. The zero-order valence-corrected chi connectivity index (χ0v) is 19.5. The molecule has 174 valence electrons. The summed E-state index contributed by atoms with van der Waals surface area (Å²) in [6.45, 7) is 1.87. The van der Waals surface area contributed by atoms with Crippen molar-refractivity contribution in [1.82, 2.24) is 10.0 Å². The van der Waals surface area contributed by atoms with Gasteiger partial charge in [0.1, 0.15) is 5.82 Å². The van der Waals surface area contributed by atoms with Crippen LogP contribution in [0.15, 0.2) is 53.4 Å². The number of carbonyl (C=O) groups excluding carboxylic acids is 1. The van der Waals surface area contributed by atoms with Gasteiger partial charge < -0.3 is 5.32 Å². The Balaban J connectivity index is 1.27. The number of nitrogens with one attached hydrogen (secondary N) is 2. The summed E-state index contributed by atoms with van der Waals surface area (Å²) in [4.78, 5) is 12.9. The Morgan fingerprint density at radius 1 is 0.970 bits per heavy atom. The normalized spacial score (nSPS) is 21.5. The van der Waals surface area contributed by atoms with E-state index in [2.05, 4.69) is 21.9 Å². The molecule has 0 radical (unpaired) electrons. The molecule has 0 aromatic heterocycles. The lowest BCUT2D eigenvalue weighted by Crippen LogP contribution is -2.41. The molecule has 0 saturated heterocycles. The number of hydrogen-bond acceptors (Lipinski definition) is 3. The molecule has 2 aromatic rings. The average Bonchev–Trinajstić information content (AvgIpc) is 3.63. The molecule has 0 heterocycles. The van der Waals surface area contributed by atoms with Gasteiger partial charge in [0.25, 0.3) is 0 Å². The number of halogens is 1. The number of sulfonamides is 1. The number of amides is 1. The number of benzene rings is 2. The first-order chi connectivity index (χ1) is 15.8. The summed E-state index contributed by atoms with van der Waals surface area (Å²) in [5.74, 6) is 6.25. The highest BCUT2D eigenvalue weighted by molar-refractivity contribution is 7.89. The zero-order valence-electron chi connectivity index (χ0n) is 18.7. The number of carbonyl (C=O) groups is 1. The Kier molecular flexibility index (Phi) is 7.16. The van der Waals surface area contributed by atoms with E-state index in [1.54, 1.807) is 36.4 Å². The van der Waals surface area contributed by atoms with Gasteiger partial charge in [-0.25, -0.2) is 17.5 Å². The first-order valence-electron chi connectivity index (χ1n) is 11.5. The first kappa shape index (κ1) is 23.5. The van der Waals surface area contributed by atoms with Crippen LogP contribution >= 0.6 is 0 Å². The summed E-state index contributed by atoms with van der Waals surface area (Å²) in [6.07, 6.45) is 4.75. The van der Waals surface area contributed by atoms with Crippen molar-refractivity contribution >= 4 is 15.9 Å². The molecule has 7 heteroatoms. The van der Waals surface area contributed by atoms with Gasteiger partial charge in [0.2, 0.25) is 15.9 Å². The predicted molar refractivity (Wildman–Crippen MR) is 125 cm³/mol. The van der Waals surface area contributed by atoms with Crippen molar-refractivity contribution in [3.8, 4) is 11.8 Å². The number of rotatable bonds is 6. The lowest BCUT2D eigenvalue weighted by molar-refractivity contribution is -0.126. The van der Waals surface area contributed by atoms with E-state index in [-0.39, 0.29) is 34.6 Å². The van der Waals surface area contributed by atoms with Gasteiger partial charge in [0.15, 0.2) is 0 Å². The Labute approximate surface area is 195 Å². The topological polar surface area (TPSA) is 75.3 Å². The second kappa shape index (κ2) is 10.1. The molecule has 2 saturated carbocycles. The molecule has 5 nitrogen and oxygen atoms in total. The SMILES string of the molecule is CC(NC(=O)C1CCC(NS(=O)(=O)c2ccc(C#CC3CC3)cc2)CC1)c1ccc(F)cc1. The van der Waals surface area contributed by atoms with Crippen LogP contribution in [-0.2, 0) is 14.8 Å². The van der Waals surface area contributed by atoms with Gasteiger partial charge >= 0.3 is 0 Å². The standard InChI is InChI=1S/C26H29FN2O3S/c1-18(21-8-12-23(27)13-9-21)28-26(30)22-10-14-24(15-11-22)29-33(31,32)25-16-6-20(7-17-25)5-4-19-2-3-19/h6-9,12-13,16-19,22,24,29H,2-3,10-11,14-15H2,1H3,(H,28,30). The van der Waals surface area contributed by atoms with E-state index in [0.717, 1.165) is 24.0 Å². The molecule has 2 aromatic carbocycles. The largest absolute Gasteiger partial charge is 0.349 e. The molecule has 2 fully saturated rings. The van der Waals surface area contributed by atoms with E-state index in [4.69, 9.17) is 0 Å². The molecule has 0 bridgehead atoms. The van der Waals surface area contributed by atoms with Crippen LogP contribution in [0.1, 0.15) is 62.6 Å². The Hall–Kier alpha value is -2.69. The second-order valence-electron chi connectivity index (χ2n) is 9.02. The molecule has 2 aliphatic rings. The maximum atomic E-state index is 13.1. The van der Waals surface area contributed by atoms with Gasteiger partial charge in [-0.1, -0.05) is 24.0 Å². The fourth-order valence-corrected chi connectivity index (χ4v) is 5.36. The van der Waals surface area contributed by atoms with Gasteiger partial charge in [0.05, 0.1) is 10.9 Å². The molecule has 2 N–H and O–H groups in total. The van der Waals surface area contributed by atoms with Crippen molar-refractivity contribution in [1.29, 1.82) is 0 Å². The molecule has 0 aliphatic heterocycles. The van der Waals surface area contributed by atoms with Gasteiger partial charge in [-0.3, -0.25) is 4.79 Å². The fraction of sp³-hybridized carbons (Fsp3) is 0.423. The van der Waals surface area contributed by atoms with Gasteiger partial charge in [-0.2, -0.15) is 0 Å². The number of hydrogen-bond donors (Lipinski definition) is 2. The van der Waals surface area contributed by atoms with Crippen molar-refractivity contribution < 1.29 is 17.6 Å². The van der Waals surface area contributed by atoms with Crippen LogP contribution < -0.4 is 10.0 Å². The molecule has 0 spiro atoms. The van der Waals surface area contributed by atoms with E-state index in [9.17, 15) is 17.6 Å². The summed E-state index contributed by atoms with van der Waals surface area (Å²) in [5.41, 5.74) is 1.66.